The molecule has 0 saturated carbocycles. The van der Waals surface area contributed by atoms with Crippen LogP contribution in [0.4, 0.5) is 0 Å². The van der Waals surface area contributed by atoms with E-state index >= 15 is 0 Å². The molecule has 1 amide bonds. The molecule has 6 heteroatoms. The van der Waals surface area contributed by atoms with Gasteiger partial charge in [0.05, 0.1) is 6.42 Å². The Kier molecular flexibility index (Phi) is 4.64. The van der Waals surface area contributed by atoms with E-state index in [-0.39, 0.29) is 6.54 Å². The molecule has 23 heavy (non-hydrogen) atoms. The van der Waals surface area contributed by atoms with Crippen LogP contribution in [-0.4, -0.2) is 39.0 Å². The van der Waals surface area contributed by atoms with Gasteiger partial charge in [-0.2, -0.15) is 0 Å². The van der Waals surface area contributed by atoms with E-state index in [0.29, 0.717) is 11.1 Å². The number of carbonyl (C=O) groups excluding carboxylic acids is 1. The van der Waals surface area contributed by atoms with Gasteiger partial charge < -0.3 is 15.1 Å². The number of nitrogens with zero attached hydrogens (tertiary/aromatic N) is 1. The summed E-state index contributed by atoms with van der Waals surface area (Å²) in [5.41, 5.74) is 2.90. The van der Waals surface area contributed by atoms with Crippen molar-refractivity contribution in [3.05, 3.63) is 53.1 Å². The Bertz CT molecular complexity index is 720. The van der Waals surface area contributed by atoms with Crippen molar-refractivity contribution < 1.29 is 24.6 Å². The molecule has 1 aliphatic heterocycles. The van der Waals surface area contributed by atoms with E-state index in [4.69, 9.17) is 5.11 Å². The zero-order valence-corrected chi connectivity index (χ0v) is 12.7. The average molecular weight is 315 g/mol. The third kappa shape index (κ3) is 3.31. The monoisotopic (exact) mass is 315 g/mol. The number of carboxylic acids is 2. The zero-order chi connectivity index (χ0) is 17.1. The van der Waals surface area contributed by atoms with Crippen LogP contribution in [0.25, 0.3) is 6.08 Å². The van der Waals surface area contributed by atoms with E-state index in [1.54, 1.807) is 18.2 Å². The van der Waals surface area contributed by atoms with Crippen molar-refractivity contribution in [1.82, 2.24) is 4.90 Å². The summed E-state index contributed by atoms with van der Waals surface area (Å²) in [7, 11) is 0. The lowest BCUT2D eigenvalue weighted by Gasteiger charge is -2.22. The van der Waals surface area contributed by atoms with Crippen molar-refractivity contribution in [3.8, 4) is 0 Å². The fraction of sp³-hybridized carbons (Fsp3) is 0.235. The molecule has 2 N–H and O–H groups in total. The molecule has 0 saturated heterocycles. The minimum Gasteiger partial charge on any atom is -0.481 e. The van der Waals surface area contributed by atoms with Gasteiger partial charge in [0.15, 0.2) is 0 Å². The van der Waals surface area contributed by atoms with E-state index in [9.17, 15) is 19.5 Å². The first kappa shape index (κ1) is 16.5. The molecular formula is C17H17NO5. The van der Waals surface area contributed by atoms with E-state index in [1.165, 1.54) is 0 Å². The molecule has 6 nitrogen and oxygen atoms in total. The van der Waals surface area contributed by atoms with Gasteiger partial charge >= 0.3 is 11.9 Å². The maximum atomic E-state index is 12.5. The van der Waals surface area contributed by atoms with Gasteiger partial charge in [0.1, 0.15) is 6.04 Å². The largest absolute Gasteiger partial charge is 0.481 e. The third-order valence-electron chi connectivity index (χ3n) is 3.76. The second-order valence-corrected chi connectivity index (χ2v) is 5.35. The fourth-order valence-corrected chi connectivity index (χ4v) is 2.62. The normalized spacial score (nSPS) is 14.8. The number of aryl methyl sites for hydroxylation is 1. The minimum atomic E-state index is -1.38. The highest BCUT2D eigenvalue weighted by atomic mass is 16.4. The van der Waals surface area contributed by atoms with Gasteiger partial charge in [-0.1, -0.05) is 30.9 Å². The molecule has 0 aliphatic carbocycles. The standard InChI is InChI=1S/C17H17NO5/c1-3-4-5-11-7-13-12(6-10(11)2)9-18(16(13)21)14(17(22)23)8-15(19)20/h3-7,14H,1,8-9H2,2H3,(H,19,20)(H,22,23)/b5-4-. The number of hydrogen-bond donors (Lipinski definition) is 2. The molecule has 1 unspecified atom stereocenters. The summed E-state index contributed by atoms with van der Waals surface area (Å²) >= 11 is 0. The van der Waals surface area contributed by atoms with Crippen molar-refractivity contribution in [2.24, 2.45) is 0 Å². The smallest absolute Gasteiger partial charge is 0.327 e. The number of rotatable bonds is 6. The van der Waals surface area contributed by atoms with Gasteiger partial charge in [-0.3, -0.25) is 9.59 Å². The molecule has 0 radical (unpaired) electrons. The Labute approximate surface area is 133 Å². The number of carboxylic acid groups (broad SMARTS) is 2. The number of amides is 1. The predicted octanol–water partition coefficient (Wildman–Crippen LogP) is 2.08. The first-order valence-electron chi connectivity index (χ1n) is 7.03. The van der Waals surface area contributed by atoms with Crippen LogP contribution < -0.4 is 0 Å². The van der Waals surface area contributed by atoms with Gasteiger partial charge in [0, 0.05) is 12.1 Å². The molecule has 120 valence electrons. The second kappa shape index (κ2) is 6.48. The van der Waals surface area contributed by atoms with E-state index in [1.807, 2.05) is 19.1 Å². The van der Waals surface area contributed by atoms with Crippen molar-refractivity contribution >= 4 is 23.9 Å². The van der Waals surface area contributed by atoms with Crippen LogP contribution in [0.5, 0.6) is 0 Å². The van der Waals surface area contributed by atoms with Gasteiger partial charge in [0.25, 0.3) is 5.91 Å². The van der Waals surface area contributed by atoms with Gasteiger partial charge in [-0.05, 0) is 29.7 Å². The third-order valence-corrected chi connectivity index (χ3v) is 3.76. The zero-order valence-electron chi connectivity index (χ0n) is 12.7. The first-order valence-corrected chi connectivity index (χ1v) is 7.03. The van der Waals surface area contributed by atoms with Crippen molar-refractivity contribution in [3.63, 3.8) is 0 Å². The number of aliphatic carboxylic acids is 2. The number of allylic oxidation sites excluding steroid dienone is 2. The molecule has 1 aromatic rings. The summed E-state index contributed by atoms with van der Waals surface area (Å²) in [4.78, 5) is 35.8. The maximum absolute atomic E-state index is 12.5. The number of fused-ring (bicyclic) bond motifs is 1. The van der Waals surface area contributed by atoms with Crippen molar-refractivity contribution in [1.29, 1.82) is 0 Å². The lowest BCUT2D eigenvalue weighted by atomic mass is 10.0. The van der Waals surface area contributed by atoms with Crippen LogP contribution in [-0.2, 0) is 16.1 Å². The van der Waals surface area contributed by atoms with Crippen LogP contribution in [0.15, 0.2) is 30.9 Å². The summed E-state index contributed by atoms with van der Waals surface area (Å²) < 4.78 is 0. The molecule has 0 aromatic heterocycles. The summed E-state index contributed by atoms with van der Waals surface area (Å²) in [6.07, 6.45) is 4.55. The summed E-state index contributed by atoms with van der Waals surface area (Å²) in [5, 5.41) is 18.1. The highest BCUT2D eigenvalue weighted by Gasteiger charge is 2.37. The Balaban J connectivity index is 2.38. The Morgan fingerprint density at radius 2 is 2.09 bits per heavy atom. The summed E-state index contributed by atoms with van der Waals surface area (Å²) in [6.45, 7) is 5.59. The van der Waals surface area contributed by atoms with Crippen LogP contribution in [0, 0.1) is 6.92 Å². The molecule has 0 fully saturated rings. The van der Waals surface area contributed by atoms with Gasteiger partial charge in [-0.15, -0.1) is 0 Å². The van der Waals surface area contributed by atoms with Crippen LogP contribution in [0.1, 0.15) is 33.5 Å². The van der Waals surface area contributed by atoms with Gasteiger partial charge in [0.2, 0.25) is 0 Å². The van der Waals surface area contributed by atoms with E-state index in [0.717, 1.165) is 16.0 Å². The summed E-state index contributed by atoms with van der Waals surface area (Å²) in [6, 6.07) is 2.15. The van der Waals surface area contributed by atoms with Crippen LogP contribution in [0.2, 0.25) is 0 Å². The lowest BCUT2D eigenvalue weighted by Crippen LogP contribution is -2.42. The molecule has 0 spiro atoms. The van der Waals surface area contributed by atoms with Crippen LogP contribution >= 0.6 is 0 Å². The lowest BCUT2D eigenvalue weighted by molar-refractivity contribution is -0.148. The SMILES string of the molecule is C=C/C=C\c1cc2c(cc1C)CN(C(CC(=O)O)C(=O)O)C2=O. The quantitative estimate of drug-likeness (QED) is 0.784. The first-order chi connectivity index (χ1) is 10.8. The molecule has 1 aliphatic rings. The molecule has 1 atom stereocenters. The summed E-state index contributed by atoms with van der Waals surface area (Å²) in [5.74, 6) is -3.04. The van der Waals surface area contributed by atoms with E-state index in [2.05, 4.69) is 6.58 Å². The molecule has 0 bridgehead atoms. The van der Waals surface area contributed by atoms with Crippen molar-refractivity contribution in [2.45, 2.75) is 25.9 Å². The Morgan fingerprint density at radius 3 is 2.65 bits per heavy atom. The maximum Gasteiger partial charge on any atom is 0.327 e. The average Bonchev–Trinajstić information content (AvgIpc) is 2.78. The number of benzene rings is 1. The fourth-order valence-electron chi connectivity index (χ4n) is 2.62. The highest BCUT2D eigenvalue weighted by molar-refractivity contribution is 6.01. The molecular weight excluding hydrogens is 298 g/mol. The Hall–Kier alpha value is -2.89. The van der Waals surface area contributed by atoms with Gasteiger partial charge in [-0.25, -0.2) is 4.79 Å². The second-order valence-electron chi connectivity index (χ2n) is 5.35. The molecule has 1 heterocycles. The number of hydrogen-bond acceptors (Lipinski definition) is 3. The molecule has 2 rings (SSSR count). The highest BCUT2D eigenvalue weighted by Crippen LogP contribution is 2.29. The predicted molar refractivity (Wildman–Crippen MR) is 84.0 cm³/mol. The molecule has 1 aromatic carbocycles. The number of carbonyl (C=O) groups is 3. The Morgan fingerprint density at radius 1 is 1.39 bits per heavy atom. The topological polar surface area (TPSA) is 94.9 Å². The van der Waals surface area contributed by atoms with E-state index < -0.39 is 30.3 Å². The minimum absolute atomic E-state index is 0.102. The van der Waals surface area contributed by atoms with Crippen LogP contribution in [0.3, 0.4) is 0 Å². The van der Waals surface area contributed by atoms with Crippen molar-refractivity contribution in [2.75, 3.05) is 0 Å².